The van der Waals surface area contributed by atoms with Crippen LogP contribution in [0.4, 0.5) is 0 Å². The Labute approximate surface area is 122 Å². The average Bonchev–Trinajstić information content (AvgIpc) is 2.48. The maximum Gasteiger partial charge on any atom is 0.317 e. The zero-order chi connectivity index (χ0) is 15.7. The second-order valence-electron chi connectivity index (χ2n) is 4.85. The molecule has 1 rings (SSSR count). The van der Waals surface area contributed by atoms with E-state index in [1.54, 1.807) is 9.80 Å². The second kappa shape index (κ2) is 9.27. The van der Waals surface area contributed by atoms with Crippen molar-refractivity contribution in [2.24, 2.45) is 0 Å². The third kappa shape index (κ3) is 7.59. The molecule has 9 nitrogen and oxygen atoms in total. The molecule has 1 fully saturated rings. The van der Waals surface area contributed by atoms with Gasteiger partial charge in [-0.3, -0.25) is 29.1 Å². The summed E-state index contributed by atoms with van der Waals surface area (Å²) in [7, 11) is 0. The molecule has 0 spiro atoms. The van der Waals surface area contributed by atoms with Gasteiger partial charge in [-0.2, -0.15) is 0 Å². The van der Waals surface area contributed by atoms with Crippen molar-refractivity contribution < 1.29 is 29.3 Å². The Morgan fingerprint density at radius 1 is 0.857 bits per heavy atom. The third-order valence-corrected chi connectivity index (χ3v) is 3.24. The van der Waals surface area contributed by atoms with E-state index in [4.69, 9.17) is 14.9 Å². The SMILES string of the molecule is O=COCN1CCN(CC(=O)O)CCN(CC(=O)O)CC1. The predicted molar refractivity (Wildman–Crippen MR) is 71.7 cm³/mol. The highest BCUT2D eigenvalue weighted by Gasteiger charge is 2.19. The lowest BCUT2D eigenvalue weighted by Crippen LogP contribution is -2.40. The molecule has 1 heterocycles. The van der Waals surface area contributed by atoms with E-state index >= 15 is 0 Å². The summed E-state index contributed by atoms with van der Waals surface area (Å²) in [6, 6.07) is 0. The second-order valence-corrected chi connectivity index (χ2v) is 4.85. The van der Waals surface area contributed by atoms with Gasteiger partial charge in [-0.1, -0.05) is 0 Å². The topological polar surface area (TPSA) is 111 Å². The lowest BCUT2D eigenvalue weighted by molar-refractivity contribution is -0.140. The third-order valence-electron chi connectivity index (χ3n) is 3.24. The molecule has 0 unspecified atom stereocenters. The van der Waals surface area contributed by atoms with E-state index in [-0.39, 0.29) is 19.8 Å². The van der Waals surface area contributed by atoms with Gasteiger partial charge in [0.15, 0.2) is 0 Å². The fourth-order valence-corrected chi connectivity index (χ4v) is 2.15. The van der Waals surface area contributed by atoms with E-state index in [0.717, 1.165) is 0 Å². The van der Waals surface area contributed by atoms with Crippen LogP contribution in [-0.2, 0) is 19.1 Å². The lowest BCUT2D eigenvalue weighted by atomic mass is 10.4. The number of hydrogen-bond acceptors (Lipinski definition) is 7. The van der Waals surface area contributed by atoms with Crippen LogP contribution < -0.4 is 0 Å². The van der Waals surface area contributed by atoms with E-state index in [9.17, 15) is 14.4 Å². The summed E-state index contributed by atoms with van der Waals surface area (Å²) in [6.45, 7) is 3.42. The van der Waals surface area contributed by atoms with Gasteiger partial charge in [-0.25, -0.2) is 0 Å². The van der Waals surface area contributed by atoms with Crippen molar-refractivity contribution in [3.8, 4) is 0 Å². The maximum absolute atomic E-state index is 10.8. The normalized spacial score (nSPS) is 19.2. The first-order valence-electron chi connectivity index (χ1n) is 6.67. The molecule has 9 heteroatoms. The summed E-state index contributed by atoms with van der Waals surface area (Å²) in [5, 5.41) is 17.8. The molecule has 0 saturated carbocycles. The standard InChI is InChI=1S/C12H21N3O6/c16-10-21-9-15-5-3-13(7-11(17)18)1-2-14(4-6-15)8-12(19)20/h10H,1-9H2,(H,17,18)(H,19,20). The Morgan fingerprint density at radius 2 is 1.24 bits per heavy atom. The lowest BCUT2D eigenvalue weighted by Gasteiger charge is -2.23. The number of hydrogen-bond donors (Lipinski definition) is 2. The van der Waals surface area contributed by atoms with E-state index < -0.39 is 11.9 Å². The summed E-state index contributed by atoms with van der Waals surface area (Å²) in [5.41, 5.74) is 0. The Morgan fingerprint density at radius 3 is 1.57 bits per heavy atom. The van der Waals surface area contributed by atoms with Crippen LogP contribution in [0.3, 0.4) is 0 Å². The first-order chi connectivity index (χ1) is 10.0. The molecule has 1 aliphatic rings. The molecule has 0 atom stereocenters. The molecule has 21 heavy (non-hydrogen) atoms. The molecule has 120 valence electrons. The van der Waals surface area contributed by atoms with Crippen molar-refractivity contribution in [3.05, 3.63) is 0 Å². The predicted octanol–water partition coefficient (Wildman–Crippen LogP) is -1.79. The molecular formula is C12H21N3O6. The van der Waals surface area contributed by atoms with Crippen molar-refractivity contribution in [2.75, 3.05) is 59.1 Å². The van der Waals surface area contributed by atoms with Crippen LogP contribution in [0.25, 0.3) is 0 Å². The fraction of sp³-hybridized carbons (Fsp3) is 0.750. The molecule has 0 aromatic carbocycles. The molecule has 2 N–H and O–H groups in total. The summed E-state index contributed by atoms with van der Waals surface area (Å²) in [6.07, 6.45) is 0. The zero-order valence-corrected chi connectivity index (χ0v) is 11.8. The summed E-state index contributed by atoms with van der Waals surface area (Å²) in [5.74, 6) is -1.84. The van der Waals surface area contributed by atoms with Gasteiger partial charge in [0.25, 0.3) is 6.47 Å². The molecule has 0 aromatic heterocycles. The Bertz CT molecular complexity index is 337. The van der Waals surface area contributed by atoms with Crippen molar-refractivity contribution in [1.29, 1.82) is 0 Å². The van der Waals surface area contributed by atoms with Gasteiger partial charge in [-0.15, -0.1) is 0 Å². The van der Waals surface area contributed by atoms with E-state index in [1.807, 2.05) is 4.90 Å². The van der Waals surface area contributed by atoms with Crippen molar-refractivity contribution in [3.63, 3.8) is 0 Å². The zero-order valence-electron chi connectivity index (χ0n) is 11.8. The van der Waals surface area contributed by atoms with Gasteiger partial charge in [0.2, 0.25) is 0 Å². The molecule has 0 radical (unpaired) electrons. The van der Waals surface area contributed by atoms with Gasteiger partial charge in [0.1, 0.15) is 6.73 Å². The number of nitrogens with zero attached hydrogens (tertiary/aromatic N) is 3. The summed E-state index contributed by atoms with van der Waals surface area (Å²) in [4.78, 5) is 37.3. The van der Waals surface area contributed by atoms with Crippen molar-refractivity contribution >= 4 is 18.4 Å². The van der Waals surface area contributed by atoms with E-state index in [1.165, 1.54) is 0 Å². The first-order valence-corrected chi connectivity index (χ1v) is 6.67. The van der Waals surface area contributed by atoms with Crippen molar-refractivity contribution in [1.82, 2.24) is 14.7 Å². The van der Waals surface area contributed by atoms with Gasteiger partial charge >= 0.3 is 11.9 Å². The van der Waals surface area contributed by atoms with Crippen LogP contribution in [-0.4, -0.2) is 102 Å². The van der Waals surface area contributed by atoms with Gasteiger partial charge < -0.3 is 14.9 Å². The van der Waals surface area contributed by atoms with Gasteiger partial charge in [0, 0.05) is 39.3 Å². The number of carbonyl (C=O) groups excluding carboxylic acids is 1. The molecule has 1 aliphatic heterocycles. The van der Waals surface area contributed by atoms with E-state index in [0.29, 0.717) is 45.7 Å². The number of carboxylic acids is 2. The van der Waals surface area contributed by atoms with Crippen LogP contribution in [0.15, 0.2) is 0 Å². The highest BCUT2D eigenvalue weighted by molar-refractivity contribution is 5.69. The Kier molecular flexibility index (Phi) is 7.65. The highest BCUT2D eigenvalue weighted by Crippen LogP contribution is 2.01. The Hall–Kier alpha value is -1.71. The largest absolute Gasteiger partial charge is 0.480 e. The number of ether oxygens (including phenoxy) is 1. The fourth-order valence-electron chi connectivity index (χ4n) is 2.15. The molecule has 0 amide bonds. The first kappa shape index (κ1) is 17.3. The summed E-state index contributed by atoms with van der Waals surface area (Å²) >= 11 is 0. The minimum Gasteiger partial charge on any atom is -0.480 e. The average molecular weight is 303 g/mol. The van der Waals surface area contributed by atoms with Crippen LogP contribution in [0.1, 0.15) is 0 Å². The molecule has 0 bridgehead atoms. The van der Waals surface area contributed by atoms with Crippen LogP contribution in [0.5, 0.6) is 0 Å². The van der Waals surface area contributed by atoms with Crippen molar-refractivity contribution in [2.45, 2.75) is 0 Å². The minimum absolute atomic E-state index is 0.0940. The summed E-state index contributed by atoms with van der Waals surface area (Å²) < 4.78 is 4.72. The number of aliphatic carboxylic acids is 2. The van der Waals surface area contributed by atoms with Crippen LogP contribution in [0, 0.1) is 0 Å². The molecular weight excluding hydrogens is 282 g/mol. The smallest absolute Gasteiger partial charge is 0.317 e. The number of carboxylic acid groups (broad SMARTS) is 2. The molecule has 0 aromatic rings. The van der Waals surface area contributed by atoms with Crippen LogP contribution >= 0.6 is 0 Å². The Balaban J connectivity index is 2.63. The highest BCUT2D eigenvalue weighted by atomic mass is 16.5. The molecule has 1 saturated heterocycles. The minimum atomic E-state index is -0.922. The van der Waals surface area contributed by atoms with Crippen LogP contribution in [0.2, 0.25) is 0 Å². The monoisotopic (exact) mass is 303 g/mol. The van der Waals surface area contributed by atoms with Gasteiger partial charge in [0.05, 0.1) is 13.1 Å². The quantitative estimate of drug-likeness (QED) is 0.526. The maximum atomic E-state index is 10.8. The number of rotatable bonds is 7. The van der Waals surface area contributed by atoms with Gasteiger partial charge in [-0.05, 0) is 0 Å². The van der Waals surface area contributed by atoms with E-state index in [2.05, 4.69) is 0 Å². The molecule has 0 aliphatic carbocycles. The number of carbonyl (C=O) groups is 3.